The SMILES string of the molecule is CC1(C(=O)NC(C2CC2)C2CC2)CCCNC1.Cl. The third kappa shape index (κ3) is 3.00. The lowest BCUT2D eigenvalue weighted by Gasteiger charge is -2.34. The first-order valence-corrected chi connectivity index (χ1v) is 7.21. The van der Waals surface area contributed by atoms with Gasteiger partial charge in [0.05, 0.1) is 5.41 Å². The van der Waals surface area contributed by atoms with E-state index in [2.05, 4.69) is 17.6 Å². The Morgan fingerprint density at radius 2 is 1.89 bits per heavy atom. The Labute approximate surface area is 116 Å². The van der Waals surface area contributed by atoms with Gasteiger partial charge in [0, 0.05) is 12.6 Å². The zero-order chi connectivity index (χ0) is 11.9. The topological polar surface area (TPSA) is 41.1 Å². The van der Waals surface area contributed by atoms with Gasteiger partial charge in [-0.3, -0.25) is 4.79 Å². The number of hydrogen-bond donors (Lipinski definition) is 2. The standard InChI is InChI=1S/C14H24N2O.ClH/c1-14(7-2-8-15-9-14)13(17)16-12(10-3-4-10)11-5-6-11;/h10-12,15H,2-9H2,1H3,(H,16,17);1H. The lowest BCUT2D eigenvalue weighted by atomic mass is 9.81. The van der Waals surface area contributed by atoms with Crippen molar-refractivity contribution in [1.29, 1.82) is 0 Å². The maximum Gasteiger partial charge on any atom is 0.227 e. The molecule has 4 heteroatoms. The lowest BCUT2D eigenvalue weighted by Crippen LogP contribution is -2.52. The molecule has 1 saturated heterocycles. The minimum absolute atomic E-state index is 0. The van der Waals surface area contributed by atoms with Gasteiger partial charge in [0.2, 0.25) is 5.91 Å². The van der Waals surface area contributed by atoms with Crippen LogP contribution in [-0.2, 0) is 4.79 Å². The van der Waals surface area contributed by atoms with Gasteiger partial charge in [-0.25, -0.2) is 0 Å². The molecule has 1 amide bonds. The van der Waals surface area contributed by atoms with Crippen LogP contribution in [0.5, 0.6) is 0 Å². The molecule has 2 N–H and O–H groups in total. The van der Waals surface area contributed by atoms with Gasteiger partial charge in [0.25, 0.3) is 0 Å². The van der Waals surface area contributed by atoms with E-state index < -0.39 is 0 Å². The molecular weight excluding hydrogens is 248 g/mol. The zero-order valence-corrected chi connectivity index (χ0v) is 12.0. The van der Waals surface area contributed by atoms with Gasteiger partial charge < -0.3 is 10.6 Å². The Balaban J connectivity index is 0.00000120. The molecule has 2 saturated carbocycles. The molecule has 3 nitrogen and oxygen atoms in total. The van der Waals surface area contributed by atoms with E-state index in [1.165, 1.54) is 25.7 Å². The van der Waals surface area contributed by atoms with Crippen LogP contribution in [0.25, 0.3) is 0 Å². The predicted molar refractivity (Wildman–Crippen MR) is 74.8 cm³/mol. The molecular formula is C14H25ClN2O. The quantitative estimate of drug-likeness (QED) is 0.823. The molecule has 0 radical (unpaired) electrons. The fourth-order valence-electron chi connectivity index (χ4n) is 3.11. The Morgan fingerprint density at radius 3 is 2.33 bits per heavy atom. The third-order valence-corrected chi connectivity index (χ3v) is 4.70. The van der Waals surface area contributed by atoms with E-state index in [0.29, 0.717) is 11.9 Å². The van der Waals surface area contributed by atoms with Crippen LogP contribution in [0, 0.1) is 17.3 Å². The summed E-state index contributed by atoms with van der Waals surface area (Å²) in [5.41, 5.74) is -0.166. The van der Waals surface area contributed by atoms with Crippen molar-refractivity contribution in [3.8, 4) is 0 Å². The number of carbonyl (C=O) groups is 1. The molecule has 18 heavy (non-hydrogen) atoms. The van der Waals surface area contributed by atoms with Crippen molar-refractivity contribution >= 4 is 18.3 Å². The highest BCUT2D eigenvalue weighted by Crippen LogP contribution is 2.45. The molecule has 1 atom stereocenters. The van der Waals surface area contributed by atoms with Crippen LogP contribution >= 0.6 is 12.4 Å². The Kier molecular flexibility index (Phi) is 4.22. The molecule has 0 aromatic carbocycles. The molecule has 0 bridgehead atoms. The van der Waals surface area contributed by atoms with Gasteiger partial charge >= 0.3 is 0 Å². The molecule has 2 aliphatic carbocycles. The summed E-state index contributed by atoms with van der Waals surface area (Å²) in [7, 11) is 0. The monoisotopic (exact) mass is 272 g/mol. The summed E-state index contributed by atoms with van der Waals surface area (Å²) in [6, 6.07) is 0.501. The third-order valence-electron chi connectivity index (χ3n) is 4.70. The molecule has 0 aromatic rings. The van der Waals surface area contributed by atoms with E-state index in [-0.39, 0.29) is 17.8 Å². The molecule has 3 fully saturated rings. The maximum absolute atomic E-state index is 12.4. The smallest absolute Gasteiger partial charge is 0.227 e. The highest BCUT2D eigenvalue weighted by atomic mass is 35.5. The fraction of sp³-hybridized carbons (Fsp3) is 0.929. The average molecular weight is 273 g/mol. The molecule has 1 heterocycles. The molecule has 104 valence electrons. The van der Waals surface area contributed by atoms with E-state index in [1.54, 1.807) is 0 Å². The zero-order valence-electron chi connectivity index (χ0n) is 11.2. The molecule has 1 unspecified atom stereocenters. The lowest BCUT2D eigenvalue weighted by molar-refractivity contribution is -0.132. The second-order valence-corrected chi connectivity index (χ2v) is 6.52. The van der Waals surface area contributed by atoms with Crippen molar-refractivity contribution in [3.05, 3.63) is 0 Å². The second-order valence-electron chi connectivity index (χ2n) is 6.52. The summed E-state index contributed by atoms with van der Waals surface area (Å²) in [5.74, 6) is 1.90. The van der Waals surface area contributed by atoms with Gasteiger partial charge in [-0.05, 0) is 63.8 Å². The van der Waals surface area contributed by atoms with Crippen LogP contribution in [-0.4, -0.2) is 25.0 Å². The van der Waals surface area contributed by atoms with Crippen molar-refractivity contribution in [1.82, 2.24) is 10.6 Å². The number of hydrogen-bond acceptors (Lipinski definition) is 2. The van der Waals surface area contributed by atoms with E-state index in [0.717, 1.165) is 37.8 Å². The van der Waals surface area contributed by atoms with Crippen LogP contribution < -0.4 is 10.6 Å². The fourth-order valence-corrected chi connectivity index (χ4v) is 3.11. The summed E-state index contributed by atoms with van der Waals surface area (Å²) in [4.78, 5) is 12.4. The Morgan fingerprint density at radius 1 is 1.28 bits per heavy atom. The number of rotatable bonds is 4. The van der Waals surface area contributed by atoms with Crippen LogP contribution in [0.4, 0.5) is 0 Å². The molecule has 1 aliphatic heterocycles. The predicted octanol–water partition coefficient (Wildman–Crippen LogP) is 2.10. The highest BCUT2D eigenvalue weighted by Gasteiger charge is 2.44. The van der Waals surface area contributed by atoms with Gasteiger partial charge in [-0.2, -0.15) is 0 Å². The van der Waals surface area contributed by atoms with Gasteiger partial charge in [-0.1, -0.05) is 0 Å². The highest BCUT2D eigenvalue weighted by molar-refractivity contribution is 5.85. The largest absolute Gasteiger partial charge is 0.352 e. The van der Waals surface area contributed by atoms with E-state index in [9.17, 15) is 4.79 Å². The summed E-state index contributed by atoms with van der Waals surface area (Å²) >= 11 is 0. The maximum atomic E-state index is 12.4. The van der Waals surface area contributed by atoms with Gasteiger partial charge in [0.1, 0.15) is 0 Å². The van der Waals surface area contributed by atoms with E-state index in [4.69, 9.17) is 0 Å². The van der Waals surface area contributed by atoms with Crippen LogP contribution in [0.15, 0.2) is 0 Å². The molecule has 0 aromatic heterocycles. The summed E-state index contributed by atoms with van der Waals surface area (Å²) < 4.78 is 0. The number of halogens is 1. The van der Waals surface area contributed by atoms with Crippen LogP contribution in [0.2, 0.25) is 0 Å². The number of amides is 1. The van der Waals surface area contributed by atoms with Crippen molar-refractivity contribution in [2.24, 2.45) is 17.3 Å². The normalized spacial score (nSPS) is 31.9. The first kappa shape index (κ1) is 14.1. The number of carbonyl (C=O) groups excluding carboxylic acids is 1. The Bertz CT molecular complexity index is 295. The van der Waals surface area contributed by atoms with Crippen molar-refractivity contribution in [2.45, 2.75) is 51.5 Å². The number of piperidine rings is 1. The summed E-state index contributed by atoms with van der Waals surface area (Å²) in [5, 5.41) is 6.73. The van der Waals surface area contributed by atoms with Crippen molar-refractivity contribution < 1.29 is 4.79 Å². The molecule has 3 rings (SSSR count). The Hall–Kier alpha value is -0.280. The summed E-state index contributed by atoms with van der Waals surface area (Å²) in [6.07, 6.45) is 7.48. The molecule has 3 aliphatic rings. The second kappa shape index (κ2) is 5.38. The minimum atomic E-state index is -0.166. The number of nitrogens with one attached hydrogen (secondary N) is 2. The van der Waals surface area contributed by atoms with Crippen LogP contribution in [0.3, 0.4) is 0 Å². The summed E-state index contributed by atoms with van der Waals surface area (Å²) in [6.45, 7) is 4.03. The minimum Gasteiger partial charge on any atom is -0.352 e. The van der Waals surface area contributed by atoms with Crippen molar-refractivity contribution in [2.75, 3.05) is 13.1 Å². The first-order chi connectivity index (χ1) is 8.19. The molecule has 0 spiro atoms. The van der Waals surface area contributed by atoms with Gasteiger partial charge in [-0.15, -0.1) is 12.4 Å². The van der Waals surface area contributed by atoms with Gasteiger partial charge in [0.15, 0.2) is 0 Å². The van der Waals surface area contributed by atoms with Crippen molar-refractivity contribution in [3.63, 3.8) is 0 Å². The van der Waals surface area contributed by atoms with E-state index >= 15 is 0 Å². The van der Waals surface area contributed by atoms with Crippen LogP contribution in [0.1, 0.15) is 45.4 Å². The average Bonchev–Trinajstić information content (AvgIpc) is 3.17. The first-order valence-electron chi connectivity index (χ1n) is 7.21. The van der Waals surface area contributed by atoms with E-state index in [1.807, 2.05) is 0 Å².